The highest BCUT2D eigenvalue weighted by molar-refractivity contribution is 6.02. The Hall–Kier alpha value is -2.10. The highest BCUT2D eigenvalue weighted by Crippen LogP contribution is 2.27. The van der Waals surface area contributed by atoms with Gasteiger partial charge in [0.15, 0.2) is 0 Å². The van der Waals surface area contributed by atoms with Crippen LogP contribution in [0, 0.1) is 5.41 Å². The molecule has 4 N–H and O–H groups in total. The van der Waals surface area contributed by atoms with Crippen molar-refractivity contribution in [3.63, 3.8) is 0 Å². The zero-order valence-electron chi connectivity index (χ0n) is 9.40. The van der Waals surface area contributed by atoms with Crippen LogP contribution in [0.25, 0.3) is 10.9 Å². The van der Waals surface area contributed by atoms with Gasteiger partial charge < -0.3 is 11.1 Å². The Balaban J connectivity index is 2.14. The second kappa shape index (κ2) is 3.73. The van der Waals surface area contributed by atoms with Crippen molar-refractivity contribution in [1.29, 1.82) is 5.41 Å². The van der Waals surface area contributed by atoms with Crippen molar-refractivity contribution >= 4 is 22.6 Å². The van der Waals surface area contributed by atoms with Gasteiger partial charge in [-0.15, -0.1) is 0 Å². The van der Waals surface area contributed by atoms with Crippen molar-refractivity contribution in [2.24, 2.45) is 5.73 Å². The van der Waals surface area contributed by atoms with E-state index in [0.29, 0.717) is 11.6 Å². The third-order valence-corrected chi connectivity index (χ3v) is 2.93. The summed E-state index contributed by atoms with van der Waals surface area (Å²) in [6.07, 6.45) is 2.34. The third kappa shape index (κ3) is 1.93. The molecule has 0 unspecified atom stereocenters. The van der Waals surface area contributed by atoms with Crippen LogP contribution in [-0.2, 0) is 0 Å². The molecule has 86 valence electrons. The SMILES string of the molecule is N=C(N)c1cc2ccccc2nc1NC1CC1. The van der Waals surface area contributed by atoms with Crippen LogP contribution in [0.5, 0.6) is 0 Å². The van der Waals surface area contributed by atoms with Crippen LogP contribution in [0.3, 0.4) is 0 Å². The van der Waals surface area contributed by atoms with E-state index in [-0.39, 0.29) is 5.84 Å². The van der Waals surface area contributed by atoms with Gasteiger partial charge in [-0.2, -0.15) is 0 Å². The van der Waals surface area contributed by atoms with E-state index in [4.69, 9.17) is 11.1 Å². The van der Waals surface area contributed by atoms with Gasteiger partial charge in [0.05, 0.1) is 11.1 Å². The van der Waals surface area contributed by atoms with Crippen LogP contribution in [-0.4, -0.2) is 16.9 Å². The van der Waals surface area contributed by atoms with Crippen molar-refractivity contribution < 1.29 is 0 Å². The molecule has 0 spiro atoms. The molecule has 0 radical (unpaired) electrons. The summed E-state index contributed by atoms with van der Waals surface area (Å²) in [5, 5.41) is 12.0. The molecule has 2 aromatic rings. The summed E-state index contributed by atoms with van der Waals surface area (Å²) in [6.45, 7) is 0. The zero-order chi connectivity index (χ0) is 11.8. The average molecular weight is 226 g/mol. The first-order valence-electron chi connectivity index (χ1n) is 5.75. The van der Waals surface area contributed by atoms with Crippen molar-refractivity contribution in [3.8, 4) is 0 Å². The lowest BCUT2D eigenvalue weighted by atomic mass is 10.1. The standard InChI is InChI=1S/C13H14N4/c14-12(15)10-7-8-3-1-2-4-11(8)17-13(10)16-9-5-6-9/h1-4,7,9H,5-6H2,(H3,14,15)(H,16,17). The maximum Gasteiger partial charge on any atom is 0.137 e. The van der Waals surface area contributed by atoms with Gasteiger partial charge >= 0.3 is 0 Å². The number of para-hydroxylation sites is 1. The number of benzene rings is 1. The van der Waals surface area contributed by atoms with E-state index < -0.39 is 0 Å². The maximum atomic E-state index is 7.61. The Morgan fingerprint density at radius 2 is 2.12 bits per heavy atom. The van der Waals surface area contributed by atoms with E-state index in [1.807, 2.05) is 30.3 Å². The fourth-order valence-corrected chi connectivity index (χ4v) is 1.85. The number of nitrogens with two attached hydrogens (primary N) is 1. The summed E-state index contributed by atoms with van der Waals surface area (Å²) in [6, 6.07) is 10.3. The molecule has 4 nitrogen and oxygen atoms in total. The van der Waals surface area contributed by atoms with Crippen LogP contribution in [0.1, 0.15) is 18.4 Å². The van der Waals surface area contributed by atoms with Crippen molar-refractivity contribution in [3.05, 3.63) is 35.9 Å². The number of hydrogen-bond donors (Lipinski definition) is 3. The number of anilines is 1. The number of fused-ring (bicyclic) bond motifs is 1. The van der Waals surface area contributed by atoms with Crippen molar-refractivity contribution in [1.82, 2.24) is 4.98 Å². The van der Waals surface area contributed by atoms with E-state index in [0.717, 1.165) is 16.7 Å². The van der Waals surface area contributed by atoms with Gasteiger partial charge in [0.25, 0.3) is 0 Å². The summed E-state index contributed by atoms with van der Waals surface area (Å²) in [5.41, 5.74) is 7.23. The molecule has 0 aliphatic heterocycles. The highest BCUT2D eigenvalue weighted by Gasteiger charge is 2.23. The highest BCUT2D eigenvalue weighted by atomic mass is 15.0. The summed E-state index contributed by atoms with van der Waals surface area (Å²) in [4.78, 5) is 4.54. The number of rotatable bonds is 3. The lowest BCUT2D eigenvalue weighted by Crippen LogP contribution is -2.16. The normalized spacial score (nSPS) is 14.8. The number of pyridine rings is 1. The molecular weight excluding hydrogens is 212 g/mol. The average Bonchev–Trinajstić information content (AvgIpc) is 3.12. The molecule has 0 atom stereocenters. The Bertz CT molecular complexity index is 587. The number of hydrogen-bond acceptors (Lipinski definition) is 3. The minimum atomic E-state index is 0.0615. The molecular formula is C13H14N4. The number of aromatic nitrogens is 1. The Morgan fingerprint density at radius 3 is 2.82 bits per heavy atom. The molecule has 17 heavy (non-hydrogen) atoms. The van der Waals surface area contributed by atoms with E-state index in [1.165, 1.54) is 12.8 Å². The molecule has 1 fully saturated rings. The van der Waals surface area contributed by atoms with Crippen molar-refractivity contribution in [2.75, 3.05) is 5.32 Å². The van der Waals surface area contributed by atoms with Gasteiger partial charge in [-0.05, 0) is 25.0 Å². The van der Waals surface area contributed by atoms with Gasteiger partial charge in [0, 0.05) is 11.4 Å². The Kier molecular flexibility index (Phi) is 2.21. The number of amidine groups is 1. The van der Waals surface area contributed by atoms with Crippen LogP contribution >= 0.6 is 0 Å². The molecule has 1 aliphatic rings. The number of nitrogens with one attached hydrogen (secondary N) is 2. The Labute approximate surface area is 99.4 Å². The van der Waals surface area contributed by atoms with E-state index in [9.17, 15) is 0 Å². The quantitative estimate of drug-likeness (QED) is 0.554. The van der Waals surface area contributed by atoms with E-state index >= 15 is 0 Å². The minimum absolute atomic E-state index is 0.0615. The lowest BCUT2D eigenvalue weighted by molar-refractivity contribution is 1.12. The molecule has 1 heterocycles. The molecule has 1 aromatic carbocycles. The first kappa shape index (κ1) is 10.1. The summed E-state index contributed by atoms with van der Waals surface area (Å²) >= 11 is 0. The number of nitrogen functional groups attached to an aromatic ring is 1. The lowest BCUT2D eigenvalue weighted by Gasteiger charge is -2.10. The van der Waals surface area contributed by atoms with Crippen LogP contribution < -0.4 is 11.1 Å². The summed E-state index contributed by atoms with van der Waals surface area (Å²) < 4.78 is 0. The van der Waals surface area contributed by atoms with Gasteiger partial charge in [0.2, 0.25) is 0 Å². The molecule has 0 saturated heterocycles. The third-order valence-electron chi connectivity index (χ3n) is 2.93. The van der Waals surface area contributed by atoms with E-state index in [2.05, 4.69) is 10.3 Å². The molecule has 1 saturated carbocycles. The predicted molar refractivity (Wildman–Crippen MR) is 69.4 cm³/mol. The molecule has 0 bridgehead atoms. The topological polar surface area (TPSA) is 74.8 Å². The smallest absolute Gasteiger partial charge is 0.137 e. The van der Waals surface area contributed by atoms with Crippen LogP contribution in [0.2, 0.25) is 0 Å². The summed E-state index contributed by atoms with van der Waals surface area (Å²) in [7, 11) is 0. The first-order valence-corrected chi connectivity index (χ1v) is 5.75. The Morgan fingerprint density at radius 1 is 1.35 bits per heavy atom. The monoisotopic (exact) mass is 226 g/mol. The fourth-order valence-electron chi connectivity index (χ4n) is 1.85. The molecule has 3 rings (SSSR count). The predicted octanol–water partition coefficient (Wildman–Crippen LogP) is 2.09. The molecule has 4 heteroatoms. The van der Waals surface area contributed by atoms with Gasteiger partial charge in [-0.3, -0.25) is 5.41 Å². The van der Waals surface area contributed by atoms with E-state index in [1.54, 1.807) is 0 Å². The van der Waals surface area contributed by atoms with Gasteiger partial charge in [0.1, 0.15) is 11.7 Å². The second-order valence-electron chi connectivity index (χ2n) is 4.41. The maximum absolute atomic E-state index is 7.61. The van der Waals surface area contributed by atoms with Crippen molar-refractivity contribution in [2.45, 2.75) is 18.9 Å². The minimum Gasteiger partial charge on any atom is -0.384 e. The fraction of sp³-hybridized carbons (Fsp3) is 0.231. The number of nitrogens with zero attached hydrogens (tertiary/aromatic N) is 1. The molecule has 1 aromatic heterocycles. The second-order valence-corrected chi connectivity index (χ2v) is 4.41. The zero-order valence-corrected chi connectivity index (χ0v) is 9.40. The van der Waals surface area contributed by atoms with Crippen LogP contribution in [0.15, 0.2) is 30.3 Å². The largest absolute Gasteiger partial charge is 0.384 e. The van der Waals surface area contributed by atoms with Gasteiger partial charge in [-0.1, -0.05) is 18.2 Å². The summed E-state index contributed by atoms with van der Waals surface area (Å²) in [5.74, 6) is 0.796. The molecule has 1 aliphatic carbocycles. The first-order chi connectivity index (χ1) is 8.24. The molecule has 0 amide bonds. The van der Waals surface area contributed by atoms with Crippen LogP contribution in [0.4, 0.5) is 5.82 Å². The van der Waals surface area contributed by atoms with Gasteiger partial charge in [-0.25, -0.2) is 4.98 Å².